The molecule has 1 atom stereocenters. The highest BCUT2D eigenvalue weighted by Gasteiger charge is 2.35. The van der Waals surface area contributed by atoms with E-state index >= 15 is 0 Å². The summed E-state index contributed by atoms with van der Waals surface area (Å²) >= 11 is 0. The van der Waals surface area contributed by atoms with Crippen molar-refractivity contribution in [1.29, 1.82) is 0 Å². The number of carboxylic acid groups (broad SMARTS) is 1. The maximum Gasteiger partial charge on any atom is 0.337 e. The van der Waals surface area contributed by atoms with Gasteiger partial charge in [-0.05, 0) is 44.7 Å². The molecule has 2 aliphatic rings. The largest absolute Gasteiger partial charge is 0.478 e. The fraction of sp³-hybridized carbons (Fsp3) is 0.611. The molecule has 0 bridgehead atoms. The third kappa shape index (κ3) is 3.26. The van der Waals surface area contributed by atoms with Gasteiger partial charge in [-0.25, -0.2) is 4.79 Å². The summed E-state index contributed by atoms with van der Waals surface area (Å²) in [4.78, 5) is 16.3. The van der Waals surface area contributed by atoms with Gasteiger partial charge < -0.3 is 5.11 Å². The number of fused-ring (bicyclic) bond motifs is 1. The fourth-order valence-electron chi connectivity index (χ4n) is 3.80. The molecule has 4 rings (SSSR count). The summed E-state index contributed by atoms with van der Waals surface area (Å²) in [6.45, 7) is 8.59. The van der Waals surface area contributed by atoms with Crippen molar-refractivity contribution in [3.05, 3.63) is 29.7 Å². The van der Waals surface area contributed by atoms with E-state index in [9.17, 15) is 9.90 Å². The van der Waals surface area contributed by atoms with Crippen LogP contribution in [0.15, 0.2) is 18.3 Å². The summed E-state index contributed by atoms with van der Waals surface area (Å²) in [5.74, 6) is 0.772. The second kappa shape index (κ2) is 6.38. The topological polar surface area (TPSA) is 74.0 Å². The van der Waals surface area contributed by atoms with Crippen LogP contribution in [-0.4, -0.2) is 67.7 Å². The van der Waals surface area contributed by atoms with Gasteiger partial charge in [0.05, 0.1) is 11.6 Å². The van der Waals surface area contributed by atoms with Gasteiger partial charge in [0.25, 0.3) is 0 Å². The smallest absolute Gasteiger partial charge is 0.337 e. The molecule has 7 heteroatoms. The van der Waals surface area contributed by atoms with Gasteiger partial charge in [0.15, 0.2) is 11.5 Å². The Bertz CT molecular complexity index is 783. The first kappa shape index (κ1) is 16.5. The zero-order chi connectivity index (χ0) is 17.6. The Balaban J connectivity index is 1.69. The van der Waals surface area contributed by atoms with Crippen molar-refractivity contribution in [1.82, 2.24) is 24.4 Å². The molecule has 3 heterocycles. The second-order valence-electron chi connectivity index (χ2n) is 7.56. The number of pyridine rings is 1. The highest BCUT2D eigenvalue weighted by atomic mass is 16.4. The molecule has 1 saturated carbocycles. The predicted octanol–water partition coefficient (Wildman–Crippen LogP) is 1.90. The molecule has 0 spiro atoms. The monoisotopic (exact) mass is 343 g/mol. The van der Waals surface area contributed by atoms with E-state index in [1.54, 1.807) is 18.3 Å². The molecule has 25 heavy (non-hydrogen) atoms. The van der Waals surface area contributed by atoms with Gasteiger partial charge in [-0.1, -0.05) is 0 Å². The Kier molecular flexibility index (Phi) is 4.21. The van der Waals surface area contributed by atoms with Crippen LogP contribution in [0.1, 0.15) is 48.9 Å². The van der Waals surface area contributed by atoms with Crippen LogP contribution < -0.4 is 0 Å². The third-order valence-corrected chi connectivity index (χ3v) is 5.36. The molecule has 0 unspecified atom stereocenters. The van der Waals surface area contributed by atoms with Crippen LogP contribution >= 0.6 is 0 Å². The Morgan fingerprint density at radius 2 is 2.08 bits per heavy atom. The first-order valence-electron chi connectivity index (χ1n) is 9.09. The van der Waals surface area contributed by atoms with Gasteiger partial charge in [0.1, 0.15) is 0 Å². The second-order valence-corrected chi connectivity index (χ2v) is 7.56. The molecule has 1 N–H and O–H groups in total. The minimum atomic E-state index is -0.929. The Hall–Kier alpha value is -1.99. The summed E-state index contributed by atoms with van der Waals surface area (Å²) in [5, 5.41) is 18.0. The lowest BCUT2D eigenvalue weighted by molar-refractivity contribution is 0.0437. The SMILES string of the molecule is CC(C)N1CCN(CC2CC2)C[C@H]1c1nnc2ccc(C(=O)O)cn12. The third-order valence-electron chi connectivity index (χ3n) is 5.36. The van der Waals surface area contributed by atoms with Gasteiger partial charge in [-0.2, -0.15) is 0 Å². The number of rotatable bonds is 5. The van der Waals surface area contributed by atoms with Crippen LogP contribution in [0.5, 0.6) is 0 Å². The molecular weight excluding hydrogens is 318 g/mol. The van der Waals surface area contributed by atoms with Crippen molar-refractivity contribution in [2.75, 3.05) is 26.2 Å². The quantitative estimate of drug-likeness (QED) is 0.894. The first-order chi connectivity index (χ1) is 12.0. The van der Waals surface area contributed by atoms with Crippen molar-refractivity contribution >= 4 is 11.6 Å². The molecule has 2 aromatic heterocycles. The number of aromatic nitrogens is 3. The highest BCUT2D eigenvalue weighted by Crippen LogP contribution is 2.33. The van der Waals surface area contributed by atoms with Crippen molar-refractivity contribution in [3.63, 3.8) is 0 Å². The van der Waals surface area contributed by atoms with E-state index in [0.29, 0.717) is 11.7 Å². The number of hydrogen-bond donors (Lipinski definition) is 1. The Morgan fingerprint density at radius 1 is 1.28 bits per heavy atom. The van der Waals surface area contributed by atoms with E-state index < -0.39 is 5.97 Å². The lowest BCUT2D eigenvalue weighted by Crippen LogP contribution is -2.51. The number of carboxylic acids is 1. The van der Waals surface area contributed by atoms with Gasteiger partial charge >= 0.3 is 5.97 Å². The molecule has 134 valence electrons. The van der Waals surface area contributed by atoms with E-state index in [1.165, 1.54) is 19.4 Å². The van der Waals surface area contributed by atoms with Crippen LogP contribution in [-0.2, 0) is 0 Å². The summed E-state index contributed by atoms with van der Waals surface area (Å²) in [6.07, 6.45) is 4.35. The molecule has 2 fully saturated rings. The van der Waals surface area contributed by atoms with E-state index in [1.807, 2.05) is 4.40 Å². The minimum absolute atomic E-state index is 0.131. The minimum Gasteiger partial charge on any atom is -0.478 e. The Labute approximate surface area is 147 Å². The summed E-state index contributed by atoms with van der Waals surface area (Å²) in [7, 11) is 0. The standard InChI is InChI=1S/C18H25N5O2/c1-12(2)22-8-7-21(9-13-3-4-13)11-15(22)17-20-19-16-6-5-14(18(24)25)10-23(16)17/h5-6,10,12-13,15H,3-4,7-9,11H2,1-2H3,(H,24,25)/t15-/m0/s1. The normalized spacial score (nSPS) is 22.8. The predicted molar refractivity (Wildman–Crippen MR) is 93.7 cm³/mol. The lowest BCUT2D eigenvalue weighted by atomic mass is 10.1. The maximum absolute atomic E-state index is 11.3. The van der Waals surface area contributed by atoms with Gasteiger partial charge in [-0.3, -0.25) is 14.2 Å². The molecule has 0 radical (unpaired) electrons. The van der Waals surface area contributed by atoms with E-state index in [4.69, 9.17) is 0 Å². The first-order valence-corrected chi connectivity index (χ1v) is 9.09. The zero-order valence-corrected chi connectivity index (χ0v) is 14.8. The number of carbonyl (C=O) groups is 1. The zero-order valence-electron chi connectivity index (χ0n) is 14.8. The number of aromatic carboxylic acids is 1. The Morgan fingerprint density at radius 3 is 2.76 bits per heavy atom. The van der Waals surface area contributed by atoms with E-state index in [-0.39, 0.29) is 11.6 Å². The van der Waals surface area contributed by atoms with Gasteiger partial charge in [0, 0.05) is 38.4 Å². The van der Waals surface area contributed by atoms with Gasteiger partial charge in [0.2, 0.25) is 0 Å². The highest BCUT2D eigenvalue weighted by molar-refractivity contribution is 5.87. The van der Waals surface area contributed by atoms with Crippen LogP contribution in [0.3, 0.4) is 0 Å². The molecule has 0 amide bonds. The average molecular weight is 343 g/mol. The van der Waals surface area contributed by atoms with Crippen molar-refractivity contribution in [2.45, 2.75) is 38.8 Å². The maximum atomic E-state index is 11.3. The van der Waals surface area contributed by atoms with Gasteiger partial charge in [-0.15, -0.1) is 10.2 Å². The average Bonchev–Trinajstić information content (AvgIpc) is 3.30. The number of nitrogens with zero attached hydrogens (tertiary/aromatic N) is 5. The van der Waals surface area contributed by atoms with Crippen molar-refractivity contribution in [2.24, 2.45) is 5.92 Å². The van der Waals surface area contributed by atoms with Crippen LogP contribution in [0.4, 0.5) is 0 Å². The van der Waals surface area contributed by atoms with Crippen molar-refractivity contribution < 1.29 is 9.90 Å². The summed E-state index contributed by atoms with van der Waals surface area (Å²) in [5.41, 5.74) is 0.957. The van der Waals surface area contributed by atoms with E-state index in [2.05, 4.69) is 33.8 Å². The van der Waals surface area contributed by atoms with Crippen LogP contribution in [0.25, 0.3) is 5.65 Å². The number of hydrogen-bond acceptors (Lipinski definition) is 5. The summed E-state index contributed by atoms with van der Waals surface area (Å²) < 4.78 is 1.85. The molecule has 1 aliphatic carbocycles. The van der Waals surface area contributed by atoms with Crippen LogP contribution in [0, 0.1) is 5.92 Å². The van der Waals surface area contributed by atoms with Crippen LogP contribution in [0.2, 0.25) is 0 Å². The van der Waals surface area contributed by atoms with Crippen molar-refractivity contribution in [3.8, 4) is 0 Å². The molecular formula is C18H25N5O2. The van der Waals surface area contributed by atoms with E-state index in [0.717, 1.165) is 31.4 Å². The molecule has 1 saturated heterocycles. The molecule has 7 nitrogen and oxygen atoms in total. The molecule has 1 aliphatic heterocycles. The summed E-state index contributed by atoms with van der Waals surface area (Å²) in [6, 6.07) is 3.84. The molecule has 2 aromatic rings. The number of piperazine rings is 1. The molecule has 0 aromatic carbocycles. The lowest BCUT2D eigenvalue weighted by Gasteiger charge is -2.42. The fourth-order valence-corrected chi connectivity index (χ4v) is 3.80.